The maximum Gasteiger partial charge on any atom is 0.243 e. The number of carbonyl (C=O) groups excluding carboxylic acids is 1. The standard InChI is InChI=1S/C19H23FN2O4S/c1-5-22(12-19(23)21-17-11-15(20)7-6-13(17)2)27(24,25)16-8-9-18(26-4)14(3)10-16/h6-11H,5,12H2,1-4H3,(H,21,23). The Morgan fingerprint density at radius 2 is 1.85 bits per heavy atom. The number of ether oxygens (including phenoxy) is 1. The van der Waals surface area contributed by atoms with Crippen LogP contribution in [0.1, 0.15) is 18.1 Å². The van der Waals surface area contributed by atoms with Crippen LogP contribution in [0.5, 0.6) is 5.75 Å². The van der Waals surface area contributed by atoms with E-state index in [0.717, 1.165) is 4.31 Å². The number of benzene rings is 2. The van der Waals surface area contributed by atoms with Crippen molar-refractivity contribution in [2.24, 2.45) is 0 Å². The number of nitrogens with one attached hydrogen (secondary N) is 1. The van der Waals surface area contributed by atoms with Gasteiger partial charge in [-0.3, -0.25) is 4.79 Å². The molecule has 0 aliphatic heterocycles. The predicted molar refractivity (Wildman–Crippen MR) is 102 cm³/mol. The van der Waals surface area contributed by atoms with Crippen molar-refractivity contribution in [2.75, 3.05) is 25.5 Å². The van der Waals surface area contributed by atoms with E-state index in [2.05, 4.69) is 5.32 Å². The van der Waals surface area contributed by atoms with Crippen molar-refractivity contribution in [1.82, 2.24) is 4.31 Å². The van der Waals surface area contributed by atoms with Crippen LogP contribution in [0, 0.1) is 19.7 Å². The number of hydrogen-bond donors (Lipinski definition) is 1. The van der Waals surface area contributed by atoms with Gasteiger partial charge in [0.1, 0.15) is 11.6 Å². The van der Waals surface area contributed by atoms with Crippen LogP contribution in [0.3, 0.4) is 0 Å². The van der Waals surface area contributed by atoms with Crippen molar-refractivity contribution in [3.05, 3.63) is 53.3 Å². The summed E-state index contributed by atoms with van der Waals surface area (Å²) in [7, 11) is -2.35. The third-order valence-electron chi connectivity index (χ3n) is 4.15. The molecule has 0 aliphatic rings. The highest BCUT2D eigenvalue weighted by Crippen LogP contribution is 2.24. The molecule has 1 amide bonds. The number of carbonyl (C=O) groups is 1. The summed E-state index contributed by atoms with van der Waals surface area (Å²) in [5.74, 6) is -0.444. The summed E-state index contributed by atoms with van der Waals surface area (Å²) in [6.07, 6.45) is 0. The normalized spacial score (nSPS) is 11.5. The number of hydrogen-bond acceptors (Lipinski definition) is 4. The molecule has 0 saturated heterocycles. The van der Waals surface area contributed by atoms with E-state index in [1.807, 2.05) is 0 Å². The first-order valence-corrected chi connectivity index (χ1v) is 9.83. The van der Waals surface area contributed by atoms with Crippen molar-refractivity contribution in [3.63, 3.8) is 0 Å². The molecule has 6 nitrogen and oxygen atoms in total. The van der Waals surface area contributed by atoms with E-state index in [-0.39, 0.29) is 18.0 Å². The van der Waals surface area contributed by atoms with Crippen molar-refractivity contribution >= 4 is 21.6 Å². The fourth-order valence-electron chi connectivity index (χ4n) is 2.61. The number of methoxy groups -OCH3 is 1. The molecule has 0 spiro atoms. The zero-order valence-corrected chi connectivity index (χ0v) is 16.6. The topological polar surface area (TPSA) is 75.7 Å². The lowest BCUT2D eigenvalue weighted by molar-refractivity contribution is -0.116. The van der Waals surface area contributed by atoms with Gasteiger partial charge in [-0.25, -0.2) is 12.8 Å². The van der Waals surface area contributed by atoms with E-state index >= 15 is 0 Å². The first-order chi connectivity index (χ1) is 12.7. The molecule has 27 heavy (non-hydrogen) atoms. The highest BCUT2D eigenvalue weighted by molar-refractivity contribution is 7.89. The molecule has 0 heterocycles. The summed E-state index contributed by atoms with van der Waals surface area (Å²) < 4.78 is 45.3. The fraction of sp³-hybridized carbons (Fsp3) is 0.316. The van der Waals surface area contributed by atoms with Crippen LogP contribution in [-0.2, 0) is 14.8 Å². The molecule has 2 rings (SSSR count). The van der Waals surface area contributed by atoms with Gasteiger partial charge in [0.15, 0.2) is 0 Å². The quantitative estimate of drug-likeness (QED) is 0.783. The minimum Gasteiger partial charge on any atom is -0.496 e. The molecule has 8 heteroatoms. The number of nitrogens with zero attached hydrogens (tertiary/aromatic N) is 1. The van der Waals surface area contributed by atoms with E-state index in [0.29, 0.717) is 22.6 Å². The minimum absolute atomic E-state index is 0.0809. The van der Waals surface area contributed by atoms with E-state index in [1.165, 1.54) is 31.4 Å². The van der Waals surface area contributed by atoms with Crippen molar-refractivity contribution in [1.29, 1.82) is 0 Å². The molecule has 0 atom stereocenters. The average Bonchev–Trinajstić information content (AvgIpc) is 2.62. The number of amides is 1. The van der Waals surface area contributed by atoms with Gasteiger partial charge in [-0.2, -0.15) is 4.31 Å². The second kappa shape index (κ2) is 8.49. The Hall–Kier alpha value is -2.45. The van der Waals surface area contributed by atoms with Gasteiger partial charge in [-0.15, -0.1) is 0 Å². The first-order valence-electron chi connectivity index (χ1n) is 8.39. The Morgan fingerprint density at radius 1 is 1.15 bits per heavy atom. The Morgan fingerprint density at radius 3 is 2.44 bits per heavy atom. The summed E-state index contributed by atoms with van der Waals surface area (Å²) in [5.41, 5.74) is 1.67. The van der Waals surface area contributed by atoms with E-state index < -0.39 is 21.7 Å². The highest BCUT2D eigenvalue weighted by atomic mass is 32.2. The predicted octanol–water partition coefficient (Wildman–Crippen LogP) is 3.10. The molecule has 2 aromatic rings. The van der Waals surface area contributed by atoms with Gasteiger partial charge in [0, 0.05) is 12.2 Å². The maximum atomic E-state index is 13.4. The second-order valence-electron chi connectivity index (χ2n) is 6.07. The molecule has 146 valence electrons. The number of likely N-dealkylation sites (N-methyl/N-ethyl adjacent to an activating group) is 1. The lowest BCUT2D eigenvalue weighted by atomic mass is 10.2. The number of rotatable bonds is 7. The van der Waals surface area contributed by atoms with Crippen LogP contribution in [0.25, 0.3) is 0 Å². The van der Waals surface area contributed by atoms with Crippen molar-refractivity contribution in [3.8, 4) is 5.75 Å². The van der Waals surface area contributed by atoms with Gasteiger partial charge in [0.25, 0.3) is 0 Å². The highest BCUT2D eigenvalue weighted by Gasteiger charge is 2.26. The molecule has 0 unspecified atom stereocenters. The lowest BCUT2D eigenvalue weighted by Gasteiger charge is -2.21. The molecule has 2 aromatic carbocycles. The summed E-state index contributed by atoms with van der Waals surface area (Å²) in [4.78, 5) is 12.4. The van der Waals surface area contributed by atoms with Crippen molar-refractivity contribution < 1.29 is 22.3 Å². The summed E-state index contributed by atoms with van der Waals surface area (Å²) in [6, 6.07) is 8.56. The van der Waals surface area contributed by atoms with E-state index in [4.69, 9.17) is 4.74 Å². The molecule has 1 N–H and O–H groups in total. The summed E-state index contributed by atoms with van der Waals surface area (Å²) >= 11 is 0. The largest absolute Gasteiger partial charge is 0.496 e. The van der Waals surface area contributed by atoms with Crippen LogP contribution >= 0.6 is 0 Å². The van der Waals surface area contributed by atoms with Crippen LogP contribution in [0.15, 0.2) is 41.3 Å². The molecule has 0 bridgehead atoms. The van der Waals surface area contributed by atoms with Crippen LogP contribution < -0.4 is 10.1 Å². The summed E-state index contributed by atoms with van der Waals surface area (Å²) in [5, 5.41) is 2.56. The smallest absolute Gasteiger partial charge is 0.243 e. The molecule has 0 saturated carbocycles. The van der Waals surface area contributed by atoms with Gasteiger partial charge in [0.05, 0.1) is 18.6 Å². The van der Waals surface area contributed by atoms with E-state index in [9.17, 15) is 17.6 Å². The maximum absolute atomic E-state index is 13.4. The zero-order valence-electron chi connectivity index (χ0n) is 15.7. The second-order valence-corrected chi connectivity index (χ2v) is 8.01. The van der Waals surface area contributed by atoms with Crippen LogP contribution in [-0.4, -0.2) is 38.8 Å². The molecular formula is C19H23FN2O4S. The van der Waals surface area contributed by atoms with Gasteiger partial charge in [0.2, 0.25) is 15.9 Å². The fourth-order valence-corrected chi connectivity index (χ4v) is 4.10. The molecule has 0 radical (unpaired) electrons. The molecule has 0 fully saturated rings. The van der Waals surface area contributed by atoms with Gasteiger partial charge < -0.3 is 10.1 Å². The zero-order chi connectivity index (χ0) is 20.2. The van der Waals surface area contributed by atoms with Crippen molar-refractivity contribution in [2.45, 2.75) is 25.7 Å². The number of sulfonamides is 1. The SMILES string of the molecule is CCN(CC(=O)Nc1cc(F)ccc1C)S(=O)(=O)c1ccc(OC)c(C)c1. The average molecular weight is 394 g/mol. The summed E-state index contributed by atoms with van der Waals surface area (Å²) in [6.45, 7) is 4.86. The molecular weight excluding hydrogens is 371 g/mol. The Balaban J connectivity index is 2.21. The Kier molecular flexibility index (Phi) is 6.56. The molecule has 0 aromatic heterocycles. The van der Waals surface area contributed by atoms with Gasteiger partial charge >= 0.3 is 0 Å². The third kappa shape index (κ3) is 4.84. The lowest BCUT2D eigenvalue weighted by Crippen LogP contribution is -2.38. The molecule has 0 aliphatic carbocycles. The Bertz CT molecular complexity index is 945. The monoisotopic (exact) mass is 394 g/mol. The first kappa shape index (κ1) is 20.9. The van der Waals surface area contributed by atoms with Crippen LogP contribution in [0.2, 0.25) is 0 Å². The van der Waals surface area contributed by atoms with Gasteiger partial charge in [-0.05, 0) is 55.3 Å². The van der Waals surface area contributed by atoms with Gasteiger partial charge in [-0.1, -0.05) is 13.0 Å². The third-order valence-corrected chi connectivity index (χ3v) is 6.07. The minimum atomic E-state index is -3.86. The van der Waals surface area contributed by atoms with Crippen LogP contribution in [0.4, 0.5) is 10.1 Å². The van der Waals surface area contributed by atoms with E-state index in [1.54, 1.807) is 32.9 Å². The number of halogens is 1. The number of aryl methyl sites for hydroxylation is 2. The Labute approximate surface area is 159 Å². The number of anilines is 1.